The number of hydrogen-bond donors (Lipinski definition) is 0. The third kappa shape index (κ3) is 5.53. The lowest BCUT2D eigenvalue weighted by Crippen LogP contribution is -2.11. The van der Waals surface area contributed by atoms with Gasteiger partial charge in [0.1, 0.15) is 11.5 Å². The van der Waals surface area contributed by atoms with Crippen LogP contribution in [0.15, 0.2) is 212 Å². The zero-order chi connectivity index (χ0) is 35.8. The summed E-state index contributed by atoms with van der Waals surface area (Å²) in [6.07, 6.45) is 0. The average Bonchev–Trinajstić information content (AvgIpc) is 3.40. The van der Waals surface area contributed by atoms with Crippen molar-refractivity contribution in [3.63, 3.8) is 0 Å². The Balaban J connectivity index is 1.11. The van der Waals surface area contributed by atoms with E-state index in [0.717, 1.165) is 61.6 Å². The van der Waals surface area contributed by atoms with E-state index >= 15 is 0 Å². The molecular formula is C52H35NO. The first-order chi connectivity index (χ1) is 26.8. The highest BCUT2D eigenvalue weighted by Crippen LogP contribution is 2.52. The van der Waals surface area contributed by atoms with Crippen LogP contribution in [0.2, 0.25) is 0 Å². The Kier molecular flexibility index (Phi) is 7.85. The predicted molar refractivity (Wildman–Crippen MR) is 226 cm³/mol. The van der Waals surface area contributed by atoms with Crippen LogP contribution in [0.25, 0.3) is 66.4 Å². The smallest absolute Gasteiger partial charge is 0.143 e. The molecule has 0 atom stereocenters. The van der Waals surface area contributed by atoms with E-state index < -0.39 is 0 Å². The Morgan fingerprint density at radius 2 is 0.759 bits per heavy atom. The average molecular weight is 690 g/mol. The molecule has 0 bridgehead atoms. The van der Waals surface area contributed by atoms with E-state index in [2.05, 4.69) is 217 Å². The molecule has 254 valence electrons. The number of para-hydroxylation sites is 2. The Morgan fingerprint density at radius 3 is 1.46 bits per heavy atom. The molecule has 2 nitrogen and oxygen atoms in total. The highest BCUT2D eigenvalue weighted by molar-refractivity contribution is 6.02. The van der Waals surface area contributed by atoms with Gasteiger partial charge in [0.25, 0.3) is 0 Å². The lowest BCUT2D eigenvalue weighted by atomic mass is 9.91. The summed E-state index contributed by atoms with van der Waals surface area (Å²) in [5.41, 5.74) is 14.7. The van der Waals surface area contributed by atoms with Crippen LogP contribution in [0.1, 0.15) is 0 Å². The van der Waals surface area contributed by atoms with Gasteiger partial charge in [0.15, 0.2) is 0 Å². The van der Waals surface area contributed by atoms with E-state index in [-0.39, 0.29) is 0 Å². The monoisotopic (exact) mass is 689 g/mol. The second-order valence-electron chi connectivity index (χ2n) is 13.7. The number of ether oxygens (including phenoxy) is 1. The van der Waals surface area contributed by atoms with Gasteiger partial charge in [-0.25, -0.2) is 0 Å². The minimum atomic E-state index is 0.871. The molecule has 1 aliphatic rings. The molecule has 9 aromatic rings. The highest BCUT2D eigenvalue weighted by Gasteiger charge is 2.25. The van der Waals surface area contributed by atoms with E-state index in [0.29, 0.717) is 0 Å². The summed E-state index contributed by atoms with van der Waals surface area (Å²) in [5.74, 6) is 1.77. The zero-order valence-electron chi connectivity index (χ0n) is 29.6. The second kappa shape index (κ2) is 13.4. The van der Waals surface area contributed by atoms with E-state index in [9.17, 15) is 0 Å². The minimum absolute atomic E-state index is 0.871. The van der Waals surface area contributed by atoms with Gasteiger partial charge in [0.05, 0.1) is 5.69 Å². The molecule has 0 aliphatic carbocycles. The van der Waals surface area contributed by atoms with Crippen molar-refractivity contribution in [2.75, 3.05) is 4.90 Å². The molecule has 0 spiro atoms. The van der Waals surface area contributed by atoms with Crippen LogP contribution in [-0.2, 0) is 0 Å². The molecule has 1 heterocycles. The zero-order valence-corrected chi connectivity index (χ0v) is 29.6. The third-order valence-electron chi connectivity index (χ3n) is 10.5. The Bertz CT molecular complexity index is 2770. The summed E-state index contributed by atoms with van der Waals surface area (Å²) < 4.78 is 7.10. The standard InChI is InChI=1S/C52H35NO/c1-3-14-36(15-4-1)37-26-31-41(32-27-37)53(50-25-12-11-19-43(50)38-16-5-2-6-17-38)42-33-28-40(29-34-42)45-23-13-24-48-46-21-9-10-22-47(46)49-35-30-39-18-7-8-20-44(39)52(49)54-51(45)48/h1-35H. The second-order valence-corrected chi connectivity index (χ2v) is 13.7. The quantitative estimate of drug-likeness (QED) is 0.172. The van der Waals surface area contributed by atoms with Crippen LogP contribution < -0.4 is 9.64 Å². The first kappa shape index (κ1) is 31.6. The van der Waals surface area contributed by atoms with Crippen LogP contribution in [0, 0.1) is 0 Å². The van der Waals surface area contributed by atoms with Crippen molar-refractivity contribution >= 4 is 27.8 Å². The number of fused-ring (bicyclic) bond motifs is 7. The molecular weight excluding hydrogens is 655 g/mol. The maximum Gasteiger partial charge on any atom is 0.143 e. The fourth-order valence-electron chi connectivity index (χ4n) is 7.89. The third-order valence-corrected chi connectivity index (χ3v) is 10.5. The lowest BCUT2D eigenvalue weighted by Gasteiger charge is -2.28. The van der Waals surface area contributed by atoms with Gasteiger partial charge in [-0.15, -0.1) is 0 Å². The van der Waals surface area contributed by atoms with Crippen molar-refractivity contribution in [1.29, 1.82) is 0 Å². The first-order valence-corrected chi connectivity index (χ1v) is 18.4. The summed E-state index contributed by atoms with van der Waals surface area (Å²) >= 11 is 0. The topological polar surface area (TPSA) is 12.5 Å². The van der Waals surface area contributed by atoms with Gasteiger partial charge in [-0.05, 0) is 75.2 Å². The lowest BCUT2D eigenvalue weighted by molar-refractivity contribution is 0.495. The first-order valence-electron chi connectivity index (χ1n) is 18.4. The predicted octanol–water partition coefficient (Wildman–Crippen LogP) is 14.8. The fourth-order valence-corrected chi connectivity index (χ4v) is 7.89. The van der Waals surface area contributed by atoms with Crippen molar-refractivity contribution in [3.8, 4) is 67.1 Å². The van der Waals surface area contributed by atoms with Gasteiger partial charge in [-0.2, -0.15) is 0 Å². The number of hydrogen-bond acceptors (Lipinski definition) is 2. The SMILES string of the molecule is c1ccc(-c2ccc(N(c3ccc(-c4cccc5c4Oc4c(ccc6ccccc46)-c4ccccc4-5)cc3)c3ccccc3-c3ccccc3)cc2)cc1. The summed E-state index contributed by atoms with van der Waals surface area (Å²) in [7, 11) is 0. The summed E-state index contributed by atoms with van der Waals surface area (Å²) in [6.45, 7) is 0. The molecule has 1 aliphatic heterocycles. The normalized spacial score (nSPS) is 11.5. The van der Waals surface area contributed by atoms with Crippen LogP contribution in [-0.4, -0.2) is 0 Å². The Morgan fingerprint density at radius 1 is 0.278 bits per heavy atom. The van der Waals surface area contributed by atoms with Crippen LogP contribution >= 0.6 is 0 Å². The molecule has 0 N–H and O–H groups in total. The minimum Gasteiger partial charge on any atom is -0.455 e. The maximum absolute atomic E-state index is 7.10. The fraction of sp³-hybridized carbons (Fsp3) is 0. The summed E-state index contributed by atoms with van der Waals surface area (Å²) in [5, 5.41) is 2.26. The number of nitrogens with zero attached hydrogens (tertiary/aromatic N) is 1. The summed E-state index contributed by atoms with van der Waals surface area (Å²) in [4.78, 5) is 2.36. The molecule has 10 rings (SSSR count). The number of rotatable bonds is 6. The van der Waals surface area contributed by atoms with Gasteiger partial charge >= 0.3 is 0 Å². The van der Waals surface area contributed by atoms with Gasteiger partial charge in [0, 0.05) is 39.0 Å². The molecule has 0 amide bonds. The molecule has 0 radical (unpaired) electrons. The van der Waals surface area contributed by atoms with Crippen molar-refractivity contribution in [3.05, 3.63) is 212 Å². The summed E-state index contributed by atoms with van der Waals surface area (Å²) in [6, 6.07) is 75.7. The van der Waals surface area contributed by atoms with Crippen molar-refractivity contribution in [2.45, 2.75) is 0 Å². The van der Waals surface area contributed by atoms with E-state index in [4.69, 9.17) is 4.74 Å². The van der Waals surface area contributed by atoms with Gasteiger partial charge in [-0.1, -0.05) is 176 Å². The largest absolute Gasteiger partial charge is 0.455 e. The van der Waals surface area contributed by atoms with Crippen molar-refractivity contribution < 1.29 is 4.74 Å². The van der Waals surface area contributed by atoms with Crippen LogP contribution in [0.3, 0.4) is 0 Å². The molecule has 54 heavy (non-hydrogen) atoms. The molecule has 2 heteroatoms. The highest BCUT2D eigenvalue weighted by atomic mass is 16.5. The molecule has 0 aromatic heterocycles. The number of benzene rings is 9. The van der Waals surface area contributed by atoms with Crippen LogP contribution in [0.5, 0.6) is 11.5 Å². The van der Waals surface area contributed by atoms with Gasteiger partial charge < -0.3 is 9.64 Å². The van der Waals surface area contributed by atoms with Gasteiger partial charge in [-0.3, -0.25) is 0 Å². The van der Waals surface area contributed by atoms with Gasteiger partial charge in [0.2, 0.25) is 0 Å². The Hall–Kier alpha value is -7.16. The van der Waals surface area contributed by atoms with E-state index in [1.54, 1.807) is 0 Å². The molecule has 0 saturated carbocycles. The van der Waals surface area contributed by atoms with Crippen molar-refractivity contribution in [2.24, 2.45) is 0 Å². The van der Waals surface area contributed by atoms with E-state index in [1.807, 2.05) is 0 Å². The van der Waals surface area contributed by atoms with Crippen molar-refractivity contribution in [1.82, 2.24) is 0 Å². The Labute approximate surface area is 315 Å². The molecule has 0 unspecified atom stereocenters. The maximum atomic E-state index is 7.10. The van der Waals surface area contributed by atoms with E-state index in [1.165, 1.54) is 33.4 Å². The van der Waals surface area contributed by atoms with Crippen LogP contribution in [0.4, 0.5) is 17.1 Å². The molecule has 0 saturated heterocycles. The number of anilines is 3. The molecule has 0 fully saturated rings. The molecule has 9 aromatic carbocycles.